The number of nitrogens with zero attached hydrogens (tertiary/aromatic N) is 1. The van der Waals surface area contributed by atoms with Gasteiger partial charge in [-0.15, -0.1) is 0 Å². The molecule has 226 valence electrons. The summed E-state index contributed by atoms with van der Waals surface area (Å²) in [7, 11) is 0. The highest BCUT2D eigenvalue weighted by Gasteiger charge is 2.70. The summed E-state index contributed by atoms with van der Waals surface area (Å²) >= 11 is 0. The number of fused-ring (bicyclic) bond motifs is 5. The van der Waals surface area contributed by atoms with Crippen molar-refractivity contribution >= 4 is 0 Å². The van der Waals surface area contributed by atoms with Crippen molar-refractivity contribution in [2.45, 2.75) is 156 Å². The topological polar surface area (TPSA) is 44.3 Å². The van der Waals surface area contributed by atoms with Crippen molar-refractivity contribution in [1.29, 1.82) is 0 Å². The second kappa shape index (κ2) is 12.0. The summed E-state index contributed by atoms with van der Waals surface area (Å²) in [5, 5.41) is 23.6. The SMILES string of the molecule is CCCCCc1cc[n+](C2CC3C4CCC(C(C)CCCC(C)C)C4(C)CCC3C3(C)CCC(O)CC23O)cc1. The van der Waals surface area contributed by atoms with Crippen molar-refractivity contribution in [2.75, 3.05) is 0 Å². The van der Waals surface area contributed by atoms with Gasteiger partial charge in [0.15, 0.2) is 18.4 Å². The van der Waals surface area contributed by atoms with Gasteiger partial charge in [-0.2, -0.15) is 4.57 Å². The molecule has 5 rings (SSSR count). The summed E-state index contributed by atoms with van der Waals surface area (Å²) in [5.41, 5.74) is 0.869. The largest absolute Gasteiger partial charge is 0.393 e. The van der Waals surface area contributed by atoms with E-state index in [9.17, 15) is 10.2 Å². The van der Waals surface area contributed by atoms with Crippen LogP contribution in [-0.4, -0.2) is 21.9 Å². The van der Waals surface area contributed by atoms with Gasteiger partial charge in [-0.3, -0.25) is 0 Å². The van der Waals surface area contributed by atoms with Crippen molar-refractivity contribution < 1.29 is 14.8 Å². The summed E-state index contributed by atoms with van der Waals surface area (Å²) < 4.78 is 2.36. The maximum Gasteiger partial charge on any atom is 0.187 e. The molecule has 40 heavy (non-hydrogen) atoms. The van der Waals surface area contributed by atoms with Crippen molar-refractivity contribution in [3.8, 4) is 0 Å². The molecule has 4 aliphatic carbocycles. The second-order valence-electron chi connectivity index (χ2n) is 16.0. The van der Waals surface area contributed by atoms with E-state index in [2.05, 4.69) is 70.6 Å². The van der Waals surface area contributed by atoms with Crippen LogP contribution in [0.15, 0.2) is 24.5 Å². The molecule has 0 radical (unpaired) electrons. The molecule has 0 spiro atoms. The Bertz CT molecular complexity index is 975. The molecular weight excluding hydrogens is 490 g/mol. The maximum atomic E-state index is 12.7. The van der Waals surface area contributed by atoms with E-state index >= 15 is 0 Å². The molecule has 0 amide bonds. The summed E-state index contributed by atoms with van der Waals surface area (Å²) in [5.74, 6) is 4.49. The van der Waals surface area contributed by atoms with Crippen molar-refractivity contribution in [1.82, 2.24) is 0 Å². The van der Waals surface area contributed by atoms with Crippen LogP contribution in [0.25, 0.3) is 0 Å². The van der Waals surface area contributed by atoms with Crippen LogP contribution in [0.5, 0.6) is 0 Å². The number of hydrogen-bond acceptors (Lipinski definition) is 2. The zero-order chi connectivity index (χ0) is 28.7. The third-order valence-electron chi connectivity index (χ3n) is 13.4. The lowest BCUT2D eigenvalue weighted by Gasteiger charge is -2.64. The molecule has 1 aromatic heterocycles. The number of hydrogen-bond donors (Lipinski definition) is 2. The van der Waals surface area contributed by atoms with E-state index in [4.69, 9.17) is 0 Å². The van der Waals surface area contributed by atoms with Crippen LogP contribution in [0.4, 0.5) is 0 Å². The van der Waals surface area contributed by atoms with Crippen LogP contribution in [0.3, 0.4) is 0 Å². The minimum atomic E-state index is -0.851. The van der Waals surface area contributed by atoms with E-state index in [0.29, 0.717) is 23.7 Å². The Labute approximate surface area is 246 Å². The Hall–Kier alpha value is -0.930. The maximum absolute atomic E-state index is 12.7. The molecule has 4 fully saturated rings. The standard InChI is InChI=1S/C37H62NO2/c1-7-8-9-13-28-18-22-38(23-19-28)34-24-30-32-15-14-31(27(4)12-10-11-26(2)3)35(32,5)20-17-33(30)36(6)21-16-29(39)25-37(34,36)40/h18-19,22-23,26-27,29-34,39-40H,7-17,20-21,24-25H2,1-6H3/q+1. The quantitative estimate of drug-likeness (QED) is 0.226. The van der Waals surface area contributed by atoms with Crippen molar-refractivity contribution in [3.63, 3.8) is 0 Å². The Morgan fingerprint density at radius 3 is 2.38 bits per heavy atom. The van der Waals surface area contributed by atoms with Gasteiger partial charge in [0.05, 0.1) is 6.10 Å². The molecule has 0 aromatic carbocycles. The molecule has 10 unspecified atom stereocenters. The monoisotopic (exact) mass is 552 g/mol. The lowest BCUT2D eigenvalue weighted by Crippen LogP contribution is -2.71. The van der Waals surface area contributed by atoms with Gasteiger partial charge < -0.3 is 10.2 Å². The van der Waals surface area contributed by atoms with Crippen LogP contribution >= 0.6 is 0 Å². The third kappa shape index (κ3) is 5.34. The minimum Gasteiger partial charge on any atom is -0.393 e. The molecule has 1 aromatic rings. The predicted octanol–water partition coefficient (Wildman–Crippen LogP) is 8.45. The lowest BCUT2D eigenvalue weighted by atomic mass is 9.42. The van der Waals surface area contributed by atoms with Crippen LogP contribution in [0.2, 0.25) is 0 Å². The Morgan fingerprint density at radius 1 is 0.925 bits per heavy atom. The summed E-state index contributed by atoms with van der Waals surface area (Å²) in [4.78, 5) is 0. The van der Waals surface area contributed by atoms with Gasteiger partial charge in [0.1, 0.15) is 5.60 Å². The second-order valence-corrected chi connectivity index (χ2v) is 16.0. The molecule has 1 heterocycles. The normalized spacial score (nSPS) is 41.8. The number of aliphatic hydroxyl groups excluding tert-OH is 1. The molecular formula is C37H62NO2+. The number of pyridine rings is 1. The predicted molar refractivity (Wildman–Crippen MR) is 165 cm³/mol. The smallest absolute Gasteiger partial charge is 0.187 e. The van der Waals surface area contributed by atoms with Gasteiger partial charge >= 0.3 is 0 Å². The van der Waals surface area contributed by atoms with Gasteiger partial charge in [0.2, 0.25) is 0 Å². The highest BCUT2D eigenvalue weighted by molar-refractivity contribution is 5.17. The van der Waals surface area contributed by atoms with Crippen molar-refractivity contribution in [2.24, 2.45) is 46.3 Å². The zero-order valence-corrected chi connectivity index (χ0v) is 26.9. The number of rotatable bonds is 10. The molecule has 0 aliphatic heterocycles. The van der Waals surface area contributed by atoms with Crippen LogP contribution in [0.1, 0.15) is 143 Å². The van der Waals surface area contributed by atoms with Crippen LogP contribution in [-0.2, 0) is 6.42 Å². The van der Waals surface area contributed by atoms with Gasteiger partial charge in [-0.1, -0.05) is 73.6 Å². The average molecular weight is 553 g/mol. The van der Waals surface area contributed by atoms with Gasteiger partial charge in [-0.05, 0) is 97.9 Å². The van der Waals surface area contributed by atoms with Crippen LogP contribution < -0.4 is 4.57 Å². The minimum absolute atomic E-state index is 0.0447. The molecule has 0 saturated heterocycles. The molecule has 4 saturated carbocycles. The fraction of sp³-hybridized carbons (Fsp3) is 0.865. The van der Waals surface area contributed by atoms with Gasteiger partial charge in [-0.25, -0.2) is 0 Å². The number of aryl methyl sites for hydroxylation is 1. The number of aliphatic hydroxyl groups is 2. The Kier molecular flexibility index (Phi) is 9.15. The molecule has 4 aliphatic rings. The molecule has 3 heteroatoms. The fourth-order valence-electron chi connectivity index (χ4n) is 11.1. The first-order valence-electron chi connectivity index (χ1n) is 17.4. The van der Waals surface area contributed by atoms with E-state index < -0.39 is 5.60 Å². The lowest BCUT2D eigenvalue weighted by molar-refractivity contribution is -0.747. The van der Waals surface area contributed by atoms with E-state index in [0.717, 1.165) is 49.4 Å². The molecule has 10 atom stereocenters. The summed E-state index contributed by atoms with van der Waals surface area (Å²) in [6.45, 7) is 14.7. The highest BCUT2D eigenvalue weighted by Crippen LogP contribution is 2.70. The Morgan fingerprint density at radius 2 is 1.68 bits per heavy atom. The van der Waals surface area contributed by atoms with Crippen molar-refractivity contribution in [3.05, 3.63) is 30.1 Å². The number of unbranched alkanes of at least 4 members (excludes halogenated alkanes) is 2. The molecule has 3 nitrogen and oxygen atoms in total. The first-order chi connectivity index (χ1) is 19.0. The summed E-state index contributed by atoms with van der Waals surface area (Å²) in [6, 6.07) is 4.65. The Balaban J connectivity index is 1.42. The zero-order valence-electron chi connectivity index (χ0n) is 26.9. The van der Waals surface area contributed by atoms with E-state index in [1.54, 1.807) is 0 Å². The van der Waals surface area contributed by atoms with E-state index in [1.165, 1.54) is 69.8 Å². The summed E-state index contributed by atoms with van der Waals surface area (Å²) in [6.07, 6.45) is 22.0. The first kappa shape index (κ1) is 30.5. The number of aromatic nitrogens is 1. The molecule has 2 N–H and O–H groups in total. The van der Waals surface area contributed by atoms with E-state index in [1.807, 2.05) is 0 Å². The average Bonchev–Trinajstić information content (AvgIpc) is 3.27. The van der Waals surface area contributed by atoms with Crippen LogP contribution in [0, 0.1) is 46.3 Å². The fourth-order valence-corrected chi connectivity index (χ4v) is 11.1. The first-order valence-corrected chi connectivity index (χ1v) is 17.4. The third-order valence-corrected chi connectivity index (χ3v) is 13.4. The van der Waals surface area contributed by atoms with Gasteiger partial charge in [0, 0.05) is 30.4 Å². The highest BCUT2D eigenvalue weighted by atomic mass is 16.3. The molecule has 0 bridgehead atoms. The van der Waals surface area contributed by atoms with Gasteiger partial charge in [0.25, 0.3) is 0 Å². The van der Waals surface area contributed by atoms with E-state index in [-0.39, 0.29) is 17.6 Å².